The van der Waals surface area contributed by atoms with E-state index in [1.807, 2.05) is 4.90 Å². The van der Waals surface area contributed by atoms with E-state index in [0.29, 0.717) is 5.92 Å². The minimum absolute atomic E-state index is 0.197. The summed E-state index contributed by atoms with van der Waals surface area (Å²) in [5.41, 5.74) is 0. The van der Waals surface area contributed by atoms with E-state index in [1.165, 1.54) is 19.3 Å². The molecule has 1 heterocycles. The van der Waals surface area contributed by atoms with Crippen molar-refractivity contribution in [3.63, 3.8) is 0 Å². The van der Waals surface area contributed by atoms with Crippen molar-refractivity contribution in [1.82, 2.24) is 4.90 Å². The van der Waals surface area contributed by atoms with Gasteiger partial charge in [0.1, 0.15) is 5.38 Å². The number of rotatable bonds is 2. The largest absolute Gasteiger partial charge is 0.341 e. The van der Waals surface area contributed by atoms with Gasteiger partial charge in [0, 0.05) is 13.1 Å². The minimum atomic E-state index is -0.239. The van der Waals surface area contributed by atoms with Crippen molar-refractivity contribution < 1.29 is 4.79 Å². The molecule has 1 unspecified atom stereocenters. The summed E-state index contributed by atoms with van der Waals surface area (Å²) in [5.74, 6) is 0.658. The molecule has 3 heteroatoms. The highest BCUT2D eigenvalue weighted by molar-refractivity contribution is 6.31. The number of hydrogen-bond donors (Lipinski definition) is 0. The molecule has 0 radical (unpaired) electrons. The zero-order chi connectivity index (χ0) is 10.7. The van der Waals surface area contributed by atoms with E-state index in [-0.39, 0.29) is 11.3 Å². The molecule has 0 bridgehead atoms. The average molecular weight is 230 g/mol. The normalized spacial score (nSPS) is 25.5. The quantitative estimate of drug-likeness (QED) is 0.667. The molecular formula is C12H20ClNO. The molecule has 0 aromatic heterocycles. The highest BCUT2D eigenvalue weighted by Crippen LogP contribution is 2.33. The van der Waals surface area contributed by atoms with Gasteiger partial charge in [0.15, 0.2) is 0 Å². The molecule has 0 aromatic rings. The van der Waals surface area contributed by atoms with Crippen LogP contribution in [0.3, 0.4) is 0 Å². The molecule has 1 aliphatic heterocycles. The Morgan fingerprint density at radius 2 is 1.67 bits per heavy atom. The molecule has 1 saturated heterocycles. The van der Waals surface area contributed by atoms with Crippen molar-refractivity contribution in [2.45, 2.75) is 50.3 Å². The first kappa shape index (κ1) is 11.3. The third-order valence-electron chi connectivity index (χ3n) is 3.72. The molecule has 1 atom stereocenters. The summed E-state index contributed by atoms with van der Waals surface area (Å²) in [6.45, 7) is 1.85. The predicted molar refractivity (Wildman–Crippen MR) is 62.0 cm³/mol. The van der Waals surface area contributed by atoms with Crippen LogP contribution in [0.2, 0.25) is 0 Å². The maximum Gasteiger partial charge on any atom is 0.240 e. The first-order chi connectivity index (χ1) is 7.29. The van der Waals surface area contributed by atoms with Crippen LogP contribution in [0, 0.1) is 5.92 Å². The van der Waals surface area contributed by atoms with E-state index >= 15 is 0 Å². The van der Waals surface area contributed by atoms with Gasteiger partial charge in [0.25, 0.3) is 0 Å². The van der Waals surface area contributed by atoms with Crippen molar-refractivity contribution in [2.75, 3.05) is 13.1 Å². The summed E-state index contributed by atoms with van der Waals surface area (Å²) >= 11 is 6.23. The number of alkyl halides is 1. The Morgan fingerprint density at radius 1 is 1.07 bits per heavy atom. The zero-order valence-electron chi connectivity index (χ0n) is 9.25. The Hall–Kier alpha value is -0.240. The molecule has 2 fully saturated rings. The van der Waals surface area contributed by atoms with Crippen molar-refractivity contribution in [3.05, 3.63) is 0 Å². The van der Waals surface area contributed by atoms with Crippen LogP contribution < -0.4 is 0 Å². The van der Waals surface area contributed by atoms with Gasteiger partial charge in [-0.25, -0.2) is 0 Å². The highest BCUT2D eigenvalue weighted by atomic mass is 35.5. The molecule has 0 aromatic carbocycles. The minimum Gasteiger partial charge on any atom is -0.341 e. The average Bonchev–Trinajstić information content (AvgIpc) is 2.41. The van der Waals surface area contributed by atoms with Crippen LogP contribution in [0.1, 0.15) is 44.9 Å². The Bertz CT molecular complexity index is 220. The predicted octanol–water partition coefficient (Wildman–Crippen LogP) is 2.80. The van der Waals surface area contributed by atoms with E-state index in [2.05, 4.69) is 0 Å². The lowest BCUT2D eigenvalue weighted by atomic mass is 9.82. The standard InChI is InChI=1S/C12H20ClNO/c13-11(10-6-5-7-10)12(15)14-8-3-1-2-4-9-14/h10-11H,1-9H2. The number of amides is 1. The topological polar surface area (TPSA) is 20.3 Å². The van der Waals surface area contributed by atoms with E-state index in [9.17, 15) is 4.79 Å². The summed E-state index contributed by atoms with van der Waals surface area (Å²) in [7, 11) is 0. The summed E-state index contributed by atoms with van der Waals surface area (Å²) in [5, 5.41) is -0.239. The Kier molecular flexibility index (Phi) is 3.90. The van der Waals surface area contributed by atoms with Gasteiger partial charge in [0.2, 0.25) is 5.91 Å². The second-order valence-electron chi connectivity index (χ2n) is 4.83. The van der Waals surface area contributed by atoms with Crippen molar-refractivity contribution >= 4 is 17.5 Å². The van der Waals surface area contributed by atoms with E-state index in [0.717, 1.165) is 38.8 Å². The monoisotopic (exact) mass is 229 g/mol. The van der Waals surface area contributed by atoms with Crippen molar-refractivity contribution in [1.29, 1.82) is 0 Å². The summed E-state index contributed by atoms with van der Waals surface area (Å²) in [6, 6.07) is 0. The Labute approximate surface area is 97.0 Å². The lowest BCUT2D eigenvalue weighted by molar-refractivity contribution is -0.132. The fraction of sp³-hybridized carbons (Fsp3) is 0.917. The third kappa shape index (κ3) is 2.66. The van der Waals surface area contributed by atoms with Gasteiger partial charge in [-0.15, -0.1) is 11.6 Å². The van der Waals surface area contributed by atoms with E-state index < -0.39 is 0 Å². The van der Waals surface area contributed by atoms with E-state index in [1.54, 1.807) is 0 Å². The van der Waals surface area contributed by atoms with Crippen LogP contribution in [0.15, 0.2) is 0 Å². The van der Waals surface area contributed by atoms with Gasteiger partial charge in [-0.1, -0.05) is 19.3 Å². The number of carbonyl (C=O) groups is 1. The highest BCUT2D eigenvalue weighted by Gasteiger charge is 2.33. The van der Waals surface area contributed by atoms with E-state index in [4.69, 9.17) is 11.6 Å². The van der Waals surface area contributed by atoms with Crippen LogP contribution in [-0.4, -0.2) is 29.3 Å². The first-order valence-corrected chi connectivity index (χ1v) is 6.65. The second-order valence-corrected chi connectivity index (χ2v) is 5.30. The van der Waals surface area contributed by atoms with Crippen LogP contribution >= 0.6 is 11.6 Å². The molecule has 1 aliphatic carbocycles. The lowest BCUT2D eigenvalue weighted by Gasteiger charge is -2.32. The lowest BCUT2D eigenvalue weighted by Crippen LogP contribution is -2.42. The van der Waals surface area contributed by atoms with Gasteiger partial charge < -0.3 is 4.90 Å². The van der Waals surface area contributed by atoms with Gasteiger partial charge in [-0.3, -0.25) is 4.79 Å². The van der Waals surface area contributed by atoms with Gasteiger partial charge in [0.05, 0.1) is 0 Å². The molecule has 2 nitrogen and oxygen atoms in total. The molecule has 15 heavy (non-hydrogen) atoms. The van der Waals surface area contributed by atoms with Crippen LogP contribution in [-0.2, 0) is 4.79 Å². The Balaban J connectivity index is 1.86. The second kappa shape index (κ2) is 5.20. The molecule has 1 saturated carbocycles. The van der Waals surface area contributed by atoms with Gasteiger partial charge in [-0.05, 0) is 31.6 Å². The maximum absolute atomic E-state index is 12.1. The molecule has 86 valence electrons. The van der Waals surface area contributed by atoms with Gasteiger partial charge in [-0.2, -0.15) is 0 Å². The van der Waals surface area contributed by atoms with Crippen molar-refractivity contribution in [3.8, 4) is 0 Å². The zero-order valence-corrected chi connectivity index (χ0v) is 10.0. The molecule has 2 rings (SSSR count). The number of nitrogens with zero attached hydrogens (tertiary/aromatic N) is 1. The maximum atomic E-state index is 12.1. The molecule has 2 aliphatic rings. The molecule has 1 amide bonds. The van der Waals surface area contributed by atoms with Crippen LogP contribution in [0.5, 0.6) is 0 Å². The fourth-order valence-electron chi connectivity index (χ4n) is 2.40. The molecule has 0 spiro atoms. The number of hydrogen-bond acceptors (Lipinski definition) is 1. The molecular weight excluding hydrogens is 210 g/mol. The summed E-state index contributed by atoms with van der Waals surface area (Å²) < 4.78 is 0. The first-order valence-electron chi connectivity index (χ1n) is 6.22. The van der Waals surface area contributed by atoms with Crippen LogP contribution in [0.25, 0.3) is 0 Å². The SMILES string of the molecule is O=C(C(Cl)C1CCC1)N1CCCCCC1. The number of carbonyl (C=O) groups excluding carboxylic acids is 1. The van der Waals surface area contributed by atoms with Crippen LogP contribution in [0.4, 0.5) is 0 Å². The Morgan fingerprint density at radius 3 is 2.13 bits per heavy atom. The molecule has 0 N–H and O–H groups in total. The van der Waals surface area contributed by atoms with Gasteiger partial charge >= 0.3 is 0 Å². The number of likely N-dealkylation sites (tertiary alicyclic amines) is 1. The summed E-state index contributed by atoms with van der Waals surface area (Å²) in [4.78, 5) is 14.1. The fourth-order valence-corrected chi connectivity index (χ4v) is 2.79. The van der Waals surface area contributed by atoms with Crippen molar-refractivity contribution in [2.24, 2.45) is 5.92 Å². The third-order valence-corrected chi connectivity index (χ3v) is 4.26. The smallest absolute Gasteiger partial charge is 0.240 e. The summed E-state index contributed by atoms with van der Waals surface area (Å²) in [6.07, 6.45) is 8.38. The number of halogens is 1.